The average Bonchev–Trinajstić information content (AvgIpc) is 2.81. The van der Waals surface area contributed by atoms with Gasteiger partial charge in [-0.1, -0.05) is 21.8 Å². The molecular weight excluding hydrogens is 439 g/mol. The maximum absolute atomic E-state index is 10.4. The van der Waals surface area contributed by atoms with Gasteiger partial charge in [0.05, 0.1) is 26.5 Å². The Morgan fingerprint density at radius 3 is 2.00 bits per heavy atom. The summed E-state index contributed by atoms with van der Waals surface area (Å²) in [6.07, 6.45) is -1.82. The topological polar surface area (TPSA) is 288 Å². The van der Waals surface area contributed by atoms with E-state index in [9.17, 15) is 33.8 Å². The number of rotatable bonds is 4. The van der Waals surface area contributed by atoms with Crippen LogP contribution in [0.2, 0.25) is 0 Å². The monoisotopic (exact) mass is 469 g/mol. The Bertz CT molecular complexity index is 723. The summed E-state index contributed by atoms with van der Waals surface area (Å²) in [6.45, 7) is 1.93. The number of aliphatic carboxylic acids is 1. The van der Waals surface area contributed by atoms with Crippen LogP contribution in [-0.2, 0) is 14.2 Å². The number of nitrogens with one attached hydrogen (secondary N) is 3. The molecule has 1 saturated heterocycles. The van der Waals surface area contributed by atoms with Crippen molar-refractivity contribution in [3.05, 3.63) is 0 Å². The van der Waals surface area contributed by atoms with Gasteiger partial charge in [0.1, 0.15) is 6.09 Å². The Labute approximate surface area is 180 Å². The minimum Gasteiger partial charge on any atom is -0.793 e. The van der Waals surface area contributed by atoms with Gasteiger partial charge >= 0.3 is 5.97 Å². The lowest BCUT2D eigenvalue weighted by atomic mass is 10.1. The lowest BCUT2D eigenvalue weighted by Crippen LogP contribution is -2.46. The molecule has 16 nitrogen and oxygen atoms in total. The third kappa shape index (κ3) is 18.5. The third-order valence-electron chi connectivity index (χ3n) is 2.87. The van der Waals surface area contributed by atoms with Crippen LogP contribution >= 0.6 is 7.75 Å². The molecule has 0 bridgehead atoms. The van der Waals surface area contributed by atoms with E-state index in [2.05, 4.69) is 10.1 Å². The van der Waals surface area contributed by atoms with Gasteiger partial charge in [-0.05, 0) is 0 Å². The number of likely N-dealkylation sites (N-methyl/N-ethyl adjacent to an activating group) is 1. The molecule has 0 aliphatic carbocycles. The third-order valence-corrected chi connectivity index (χ3v) is 3.32. The average molecular weight is 469 g/mol. The molecule has 1 rings (SSSR count). The fourth-order valence-electron chi connectivity index (χ4n) is 1.22. The fourth-order valence-corrected chi connectivity index (χ4v) is 1.60. The number of carbonyl (C=O) groups is 3. The van der Waals surface area contributed by atoms with Gasteiger partial charge in [0.25, 0.3) is 0 Å². The second-order valence-electron chi connectivity index (χ2n) is 5.46. The SMILES string of the molecule is C.C.CC(CC(=O)O)C(=N)N.CN(C(=O)[O-])C(N)=NP(=O)([O-])[O-].CN1CC(=O)NC1=N. The summed E-state index contributed by atoms with van der Waals surface area (Å²) in [7, 11) is -2.60. The Balaban J connectivity index is -0.000000174. The van der Waals surface area contributed by atoms with Crippen LogP contribution in [0.25, 0.3) is 0 Å². The van der Waals surface area contributed by atoms with E-state index < -0.39 is 25.8 Å². The molecule has 0 radical (unpaired) electrons. The molecule has 1 aliphatic rings. The van der Waals surface area contributed by atoms with Gasteiger partial charge < -0.3 is 50.6 Å². The molecule has 1 unspecified atom stereocenters. The zero-order chi connectivity index (χ0) is 23.5. The van der Waals surface area contributed by atoms with Gasteiger partial charge in [-0.2, -0.15) is 0 Å². The summed E-state index contributed by atoms with van der Waals surface area (Å²) >= 11 is 0. The van der Waals surface area contributed by atoms with E-state index in [-0.39, 0.29) is 49.8 Å². The highest BCUT2D eigenvalue weighted by Crippen LogP contribution is 2.24. The van der Waals surface area contributed by atoms with Crippen LogP contribution in [0.3, 0.4) is 0 Å². The van der Waals surface area contributed by atoms with Crippen molar-refractivity contribution in [3.63, 3.8) is 0 Å². The zero-order valence-corrected chi connectivity index (χ0v) is 16.6. The van der Waals surface area contributed by atoms with E-state index in [0.29, 0.717) is 6.54 Å². The molecular formula is C14H30N8O8P-3. The Hall–Kier alpha value is -3.23. The number of hydrogen-bond acceptors (Lipinski definition) is 9. The summed E-state index contributed by atoms with van der Waals surface area (Å²) in [5, 5.41) is 34.3. The first-order valence-electron chi connectivity index (χ1n) is 7.45. The van der Waals surface area contributed by atoms with Crippen molar-refractivity contribution in [1.82, 2.24) is 15.1 Å². The first kappa shape index (κ1) is 35.2. The molecule has 1 fully saturated rings. The van der Waals surface area contributed by atoms with Crippen molar-refractivity contribution in [1.29, 1.82) is 10.8 Å². The molecule has 0 spiro atoms. The minimum atomic E-state index is -5.19. The summed E-state index contributed by atoms with van der Waals surface area (Å²) in [4.78, 5) is 51.9. The van der Waals surface area contributed by atoms with E-state index in [1.54, 1.807) is 18.9 Å². The maximum atomic E-state index is 10.4. The predicted molar refractivity (Wildman–Crippen MR) is 108 cm³/mol. The molecule has 0 aromatic rings. The van der Waals surface area contributed by atoms with Gasteiger partial charge in [0.2, 0.25) is 11.9 Å². The minimum absolute atomic E-state index is 0. The lowest BCUT2D eigenvalue weighted by Gasteiger charge is -2.26. The smallest absolute Gasteiger partial charge is 0.304 e. The van der Waals surface area contributed by atoms with Gasteiger partial charge in [0, 0.05) is 20.0 Å². The summed E-state index contributed by atoms with van der Waals surface area (Å²) in [5.74, 6) is -2.19. The van der Waals surface area contributed by atoms with Crippen molar-refractivity contribution in [2.45, 2.75) is 28.2 Å². The van der Waals surface area contributed by atoms with Crippen LogP contribution in [0.5, 0.6) is 0 Å². The molecule has 17 heteroatoms. The lowest BCUT2D eigenvalue weighted by molar-refractivity contribution is -0.313. The maximum Gasteiger partial charge on any atom is 0.304 e. The standard InChI is InChI=1S/C5H10N2O2.C4H7N3O.C3H8N3O5P.2CH4/c1-3(5(6)7)2-4(8)9;1-7-2-3(8)6-4(7)5;1-6(3(7)8)2(4)5-12(9,10)11;;/h3H,2H2,1H3,(H3,6,7)(H,8,9);2H2,1H3,(H2,5,6,8);1H3,(H,7,8)(H4,4,5,9,10,11);2*1H4/p-3. The molecule has 1 heterocycles. The van der Waals surface area contributed by atoms with Crippen molar-refractivity contribution in [2.75, 3.05) is 20.6 Å². The number of guanidine groups is 2. The van der Waals surface area contributed by atoms with E-state index >= 15 is 0 Å². The van der Waals surface area contributed by atoms with Crippen LogP contribution in [0.4, 0.5) is 4.79 Å². The first-order chi connectivity index (χ1) is 13.0. The van der Waals surface area contributed by atoms with E-state index in [1.165, 1.54) is 0 Å². The number of nitrogens with zero attached hydrogens (tertiary/aromatic N) is 3. The van der Waals surface area contributed by atoms with Crippen LogP contribution in [0.1, 0.15) is 28.2 Å². The molecule has 8 N–H and O–H groups in total. The van der Waals surface area contributed by atoms with Crippen LogP contribution in [0, 0.1) is 16.7 Å². The summed E-state index contributed by atoms with van der Waals surface area (Å²) in [5.41, 5.74) is 9.79. The first-order valence-corrected chi connectivity index (χ1v) is 8.95. The van der Waals surface area contributed by atoms with E-state index in [4.69, 9.17) is 27.4 Å². The van der Waals surface area contributed by atoms with Crippen molar-refractivity contribution < 1.29 is 38.9 Å². The molecule has 0 aromatic heterocycles. The molecule has 31 heavy (non-hydrogen) atoms. The Morgan fingerprint density at radius 2 is 1.84 bits per heavy atom. The van der Waals surface area contributed by atoms with Gasteiger partial charge in [-0.15, -0.1) is 0 Å². The van der Waals surface area contributed by atoms with E-state index in [1.807, 2.05) is 0 Å². The zero-order valence-electron chi connectivity index (χ0n) is 15.7. The van der Waals surface area contributed by atoms with Crippen LogP contribution in [-0.4, -0.2) is 71.3 Å². The van der Waals surface area contributed by atoms with Crippen LogP contribution in [0.15, 0.2) is 4.76 Å². The van der Waals surface area contributed by atoms with Crippen molar-refractivity contribution >= 4 is 43.5 Å². The fraction of sp³-hybridized carbons (Fsp3) is 0.571. The normalized spacial score (nSPS) is 13.6. The predicted octanol–water partition coefficient (Wildman–Crippen LogP) is -3.31. The van der Waals surface area contributed by atoms with Crippen molar-refractivity contribution in [2.24, 2.45) is 22.1 Å². The quantitative estimate of drug-likeness (QED) is 0.134. The number of amidine groups is 1. The van der Waals surface area contributed by atoms with Gasteiger partial charge in [0.15, 0.2) is 5.96 Å². The van der Waals surface area contributed by atoms with Gasteiger partial charge in [-0.3, -0.25) is 25.7 Å². The summed E-state index contributed by atoms with van der Waals surface area (Å²) in [6, 6.07) is 0. The number of hydrogen-bond donors (Lipinski definition) is 6. The number of amides is 2. The second kappa shape index (κ2) is 15.6. The Kier molecular flexibility index (Phi) is 17.7. The highest BCUT2D eigenvalue weighted by molar-refractivity contribution is 7.47. The summed E-state index contributed by atoms with van der Waals surface area (Å²) < 4.78 is 12.3. The number of carbonyl (C=O) groups excluding carboxylic acids is 2. The number of carboxylic acids is 1. The molecule has 182 valence electrons. The molecule has 0 saturated carbocycles. The van der Waals surface area contributed by atoms with E-state index in [0.717, 1.165) is 7.05 Å². The Morgan fingerprint density at radius 1 is 1.39 bits per heavy atom. The molecule has 1 atom stereocenters. The highest BCUT2D eigenvalue weighted by atomic mass is 31.2. The largest absolute Gasteiger partial charge is 0.793 e. The molecule has 1 aliphatic heterocycles. The van der Waals surface area contributed by atoms with Crippen molar-refractivity contribution in [3.8, 4) is 0 Å². The molecule has 2 amide bonds. The van der Waals surface area contributed by atoms with Crippen LogP contribution < -0.4 is 31.7 Å². The van der Waals surface area contributed by atoms with Gasteiger partial charge in [-0.25, -0.2) is 4.76 Å². The number of nitrogens with two attached hydrogens (primary N) is 2. The highest BCUT2D eigenvalue weighted by Gasteiger charge is 2.18. The second-order valence-corrected chi connectivity index (χ2v) is 6.60. The molecule has 0 aromatic carbocycles. The number of carboxylic acid groups (broad SMARTS) is 2.